The van der Waals surface area contributed by atoms with Gasteiger partial charge in [-0.15, -0.1) is 0 Å². The minimum atomic E-state index is -0.879. The van der Waals surface area contributed by atoms with Crippen LogP contribution in [0.4, 0.5) is 0 Å². The summed E-state index contributed by atoms with van der Waals surface area (Å²) in [5.41, 5.74) is 0.662. The van der Waals surface area contributed by atoms with Crippen LogP contribution >= 0.6 is 0 Å². The van der Waals surface area contributed by atoms with Crippen molar-refractivity contribution in [2.75, 3.05) is 0 Å². The van der Waals surface area contributed by atoms with E-state index in [-0.39, 0.29) is 0 Å². The van der Waals surface area contributed by atoms with Crippen molar-refractivity contribution in [2.45, 2.75) is 0 Å². The van der Waals surface area contributed by atoms with Crippen molar-refractivity contribution in [1.29, 1.82) is 0 Å². The SMILES string of the molecule is O=C(O)c1ccccc1.O=C(O)c1ccccc1.c1cc[c]([Sn][c]2ccccc2)cc1. The molecule has 2 N–H and O–H groups in total. The number of hydrogen-bond acceptors (Lipinski definition) is 2. The van der Waals surface area contributed by atoms with Gasteiger partial charge in [-0.05, 0) is 24.3 Å². The molecule has 0 heterocycles. The van der Waals surface area contributed by atoms with E-state index in [2.05, 4.69) is 60.7 Å². The molecule has 0 bridgehead atoms. The zero-order valence-electron chi connectivity index (χ0n) is 16.8. The van der Waals surface area contributed by atoms with Crippen molar-refractivity contribution in [3.63, 3.8) is 0 Å². The predicted octanol–water partition coefficient (Wildman–Crippen LogP) is 4.11. The second-order valence-corrected chi connectivity index (χ2v) is 10.2. The van der Waals surface area contributed by atoms with Gasteiger partial charge in [0.2, 0.25) is 0 Å². The Hall–Kier alpha value is -3.38. The Morgan fingerprint density at radius 3 is 0.935 bits per heavy atom. The summed E-state index contributed by atoms with van der Waals surface area (Å²) >= 11 is -0.517. The number of rotatable bonds is 4. The summed E-state index contributed by atoms with van der Waals surface area (Å²) in [6.07, 6.45) is 0. The molecule has 0 fully saturated rings. The summed E-state index contributed by atoms with van der Waals surface area (Å²) in [5, 5.41) is 16.8. The molecule has 0 saturated carbocycles. The molecular formula is C26H22O4Sn. The van der Waals surface area contributed by atoms with Crippen molar-refractivity contribution >= 4 is 40.2 Å². The summed E-state index contributed by atoms with van der Waals surface area (Å²) in [5.74, 6) is -1.76. The Morgan fingerprint density at radius 2 is 0.710 bits per heavy atom. The Bertz CT molecular complexity index is 951. The molecule has 0 spiro atoms. The molecule has 0 atom stereocenters. The predicted molar refractivity (Wildman–Crippen MR) is 125 cm³/mol. The van der Waals surface area contributed by atoms with Crippen molar-refractivity contribution in [1.82, 2.24) is 0 Å². The maximum atomic E-state index is 10.2. The van der Waals surface area contributed by atoms with Crippen LogP contribution in [0.2, 0.25) is 0 Å². The minimum absolute atomic E-state index is 0.331. The molecule has 4 nitrogen and oxygen atoms in total. The fraction of sp³-hybridized carbons (Fsp3) is 0. The molecule has 0 aliphatic carbocycles. The van der Waals surface area contributed by atoms with Crippen LogP contribution < -0.4 is 7.16 Å². The molecule has 4 aromatic rings. The van der Waals surface area contributed by atoms with Gasteiger partial charge in [-0.2, -0.15) is 0 Å². The second-order valence-electron chi connectivity index (χ2n) is 6.20. The third-order valence-corrected chi connectivity index (χ3v) is 7.43. The van der Waals surface area contributed by atoms with Crippen LogP contribution in [0.3, 0.4) is 0 Å². The second kappa shape index (κ2) is 13.8. The summed E-state index contributed by atoms with van der Waals surface area (Å²) < 4.78 is 3.08. The van der Waals surface area contributed by atoms with E-state index in [1.165, 1.54) is 7.16 Å². The van der Waals surface area contributed by atoms with Gasteiger partial charge >= 0.3 is 101 Å². The summed E-state index contributed by atoms with van der Waals surface area (Å²) in [6.45, 7) is 0. The Labute approximate surface area is 192 Å². The van der Waals surface area contributed by atoms with Crippen LogP contribution in [0, 0.1) is 0 Å². The molecule has 4 rings (SSSR count). The van der Waals surface area contributed by atoms with Gasteiger partial charge < -0.3 is 10.2 Å². The Balaban J connectivity index is 0.000000170. The van der Waals surface area contributed by atoms with Gasteiger partial charge in [0.05, 0.1) is 11.1 Å². The fourth-order valence-electron chi connectivity index (χ4n) is 2.37. The molecule has 0 aliphatic heterocycles. The van der Waals surface area contributed by atoms with E-state index in [9.17, 15) is 9.59 Å². The zero-order valence-corrected chi connectivity index (χ0v) is 19.6. The quantitative estimate of drug-likeness (QED) is 0.400. The van der Waals surface area contributed by atoms with E-state index < -0.39 is 33.1 Å². The van der Waals surface area contributed by atoms with E-state index in [0.717, 1.165) is 0 Å². The molecule has 0 saturated heterocycles. The van der Waals surface area contributed by atoms with Gasteiger partial charge in [0, 0.05) is 0 Å². The normalized spacial score (nSPS) is 9.29. The van der Waals surface area contributed by atoms with E-state index in [4.69, 9.17) is 10.2 Å². The first-order valence-electron chi connectivity index (χ1n) is 9.50. The summed E-state index contributed by atoms with van der Waals surface area (Å²) in [7, 11) is 0. The third-order valence-electron chi connectivity index (χ3n) is 3.88. The molecule has 154 valence electrons. The number of aromatic carboxylic acids is 2. The topological polar surface area (TPSA) is 74.6 Å². The monoisotopic (exact) mass is 518 g/mol. The van der Waals surface area contributed by atoms with Crippen molar-refractivity contribution < 1.29 is 19.8 Å². The first-order chi connectivity index (χ1) is 15.1. The van der Waals surface area contributed by atoms with Crippen LogP contribution in [0.5, 0.6) is 0 Å². The van der Waals surface area contributed by atoms with Crippen LogP contribution in [-0.2, 0) is 0 Å². The van der Waals surface area contributed by atoms with Gasteiger partial charge in [0.25, 0.3) is 0 Å². The van der Waals surface area contributed by atoms with Gasteiger partial charge in [0.15, 0.2) is 0 Å². The van der Waals surface area contributed by atoms with Crippen molar-refractivity contribution in [2.24, 2.45) is 0 Å². The zero-order chi connectivity index (χ0) is 22.3. The molecule has 0 unspecified atom stereocenters. The average molecular weight is 517 g/mol. The molecular weight excluding hydrogens is 495 g/mol. The number of carboxylic acids is 2. The summed E-state index contributed by atoms with van der Waals surface area (Å²) in [4.78, 5) is 20.4. The molecule has 0 aliphatic rings. The summed E-state index contributed by atoms with van der Waals surface area (Å²) in [6, 6.07) is 38.2. The van der Waals surface area contributed by atoms with Crippen LogP contribution in [0.15, 0.2) is 121 Å². The fourth-order valence-corrected chi connectivity index (χ4v) is 5.37. The van der Waals surface area contributed by atoms with E-state index in [1.54, 1.807) is 60.7 Å². The van der Waals surface area contributed by atoms with E-state index in [0.29, 0.717) is 11.1 Å². The first kappa shape index (κ1) is 23.9. The molecule has 31 heavy (non-hydrogen) atoms. The van der Waals surface area contributed by atoms with Gasteiger partial charge in [-0.25, -0.2) is 9.59 Å². The number of hydrogen-bond donors (Lipinski definition) is 2. The van der Waals surface area contributed by atoms with E-state index in [1.807, 2.05) is 0 Å². The molecule has 2 radical (unpaired) electrons. The maximum absolute atomic E-state index is 10.2. The first-order valence-corrected chi connectivity index (χ1v) is 12.4. The third kappa shape index (κ3) is 9.78. The molecule has 0 amide bonds. The van der Waals surface area contributed by atoms with Crippen molar-refractivity contribution in [3.8, 4) is 0 Å². The van der Waals surface area contributed by atoms with Crippen molar-refractivity contribution in [3.05, 3.63) is 132 Å². The Morgan fingerprint density at radius 1 is 0.452 bits per heavy atom. The number of benzene rings is 4. The van der Waals surface area contributed by atoms with E-state index >= 15 is 0 Å². The van der Waals surface area contributed by atoms with Crippen LogP contribution in [-0.4, -0.2) is 43.3 Å². The molecule has 0 aromatic heterocycles. The van der Waals surface area contributed by atoms with Gasteiger partial charge in [-0.3, -0.25) is 0 Å². The number of carboxylic acid groups (broad SMARTS) is 2. The van der Waals surface area contributed by atoms with Gasteiger partial charge in [0.1, 0.15) is 0 Å². The number of carbonyl (C=O) groups is 2. The standard InChI is InChI=1S/2C7H6O2.2C6H5.Sn/c2*8-7(9)6-4-2-1-3-5-6;2*1-2-4-6-5-3-1;/h2*1-5H,(H,8,9);2*1-5H;. The average Bonchev–Trinajstić information content (AvgIpc) is 2.82. The van der Waals surface area contributed by atoms with Crippen LogP contribution in [0.1, 0.15) is 20.7 Å². The molecule has 5 heteroatoms. The Kier molecular flexibility index (Phi) is 10.6. The van der Waals surface area contributed by atoms with Crippen LogP contribution in [0.25, 0.3) is 0 Å². The molecule has 4 aromatic carbocycles. The van der Waals surface area contributed by atoms with Gasteiger partial charge in [-0.1, -0.05) is 36.4 Å².